The number of ether oxygens (including phenoxy) is 4. The van der Waals surface area contributed by atoms with Crippen molar-refractivity contribution in [3.05, 3.63) is 108 Å². The molecule has 1 aromatic heterocycles. The summed E-state index contributed by atoms with van der Waals surface area (Å²) in [5.41, 5.74) is 6.56. The molecule has 6 rings (SSSR count). The molecule has 41 heavy (non-hydrogen) atoms. The fraction of sp³-hybridized carbons (Fsp3) is 0.0938. The van der Waals surface area contributed by atoms with Gasteiger partial charge in [-0.05, 0) is 60.5 Å². The summed E-state index contributed by atoms with van der Waals surface area (Å²) in [6.45, 7) is 2.30. The van der Waals surface area contributed by atoms with E-state index >= 15 is 0 Å². The van der Waals surface area contributed by atoms with Gasteiger partial charge in [-0.15, -0.1) is 0 Å². The third kappa shape index (κ3) is 5.33. The van der Waals surface area contributed by atoms with Crippen LogP contribution in [0.1, 0.15) is 33.3 Å². The second kappa shape index (κ2) is 11.3. The molecule has 0 fully saturated rings. The van der Waals surface area contributed by atoms with E-state index in [1.54, 1.807) is 36.4 Å². The van der Waals surface area contributed by atoms with Crippen molar-refractivity contribution in [1.29, 1.82) is 0 Å². The number of rotatable bonds is 8. The average Bonchev–Trinajstić information content (AvgIpc) is 3.63. The zero-order valence-corrected chi connectivity index (χ0v) is 22.0. The lowest BCUT2D eigenvalue weighted by atomic mass is 10.0. The van der Waals surface area contributed by atoms with Gasteiger partial charge in [-0.25, -0.2) is 10.2 Å². The van der Waals surface area contributed by atoms with Crippen molar-refractivity contribution in [2.75, 3.05) is 13.4 Å². The van der Waals surface area contributed by atoms with Gasteiger partial charge in [0.25, 0.3) is 5.91 Å². The van der Waals surface area contributed by atoms with Crippen LogP contribution in [0.15, 0.2) is 96.1 Å². The van der Waals surface area contributed by atoms with Gasteiger partial charge in [0.1, 0.15) is 5.69 Å². The van der Waals surface area contributed by atoms with Gasteiger partial charge in [0.15, 0.2) is 23.0 Å². The van der Waals surface area contributed by atoms with Crippen molar-refractivity contribution in [2.24, 2.45) is 5.10 Å². The van der Waals surface area contributed by atoms with E-state index in [0.717, 1.165) is 22.0 Å². The molecule has 2 N–H and O–H groups in total. The van der Waals surface area contributed by atoms with Crippen LogP contribution in [0.4, 0.5) is 0 Å². The minimum absolute atomic E-state index is 0.113. The fourth-order valence-electron chi connectivity index (χ4n) is 4.58. The summed E-state index contributed by atoms with van der Waals surface area (Å²) in [6.07, 6.45) is 1.49. The van der Waals surface area contributed by atoms with Crippen LogP contribution in [0.3, 0.4) is 0 Å². The zero-order valence-electron chi connectivity index (χ0n) is 22.0. The molecule has 2 heterocycles. The molecule has 204 valence electrons. The Hall–Kier alpha value is -5.57. The number of nitrogens with one attached hydrogen (secondary N) is 2. The molecule has 5 aromatic rings. The van der Waals surface area contributed by atoms with Crippen LogP contribution in [-0.2, 0) is 0 Å². The van der Waals surface area contributed by atoms with Gasteiger partial charge in [0.2, 0.25) is 6.79 Å². The Labute approximate surface area is 235 Å². The number of fused-ring (bicyclic) bond motifs is 2. The highest BCUT2D eigenvalue weighted by atomic mass is 16.7. The molecule has 0 atom stereocenters. The third-order valence-corrected chi connectivity index (χ3v) is 6.45. The fourth-order valence-corrected chi connectivity index (χ4v) is 4.58. The van der Waals surface area contributed by atoms with Crippen LogP contribution in [-0.4, -0.2) is 36.5 Å². The van der Waals surface area contributed by atoms with E-state index in [0.29, 0.717) is 40.7 Å². The molecule has 0 saturated carbocycles. The summed E-state index contributed by atoms with van der Waals surface area (Å²) in [5, 5.41) is 5.11. The lowest BCUT2D eigenvalue weighted by Gasteiger charge is -2.11. The number of esters is 1. The highest BCUT2D eigenvalue weighted by molar-refractivity contribution is 6.09. The molecule has 9 nitrogen and oxygen atoms in total. The molecular weight excluding hydrogens is 522 g/mol. The molecule has 1 amide bonds. The Morgan fingerprint density at radius 1 is 0.927 bits per heavy atom. The number of para-hydroxylation sites is 1. The molecule has 0 radical (unpaired) electrons. The van der Waals surface area contributed by atoms with Crippen LogP contribution in [0.5, 0.6) is 23.0 Å². The second-order valence-corrected chi connectivity index (χ2v) is 9.08. The van der Waals surface area contributed by atoms with Gasteiger partial charge in [-0.3, -0.25) is 4.79 Å². The SMILES string of the molecule is CCOc1cc(C=NNC(=O)c2[nH]c3ccccc3c2-c2ccccc2)ccc1OC(=O)c1ccc2c(c1)OCO2. The average molecular weight is 548 g/mol. The Bertz CT molecular complexity index is 1780. The Morgan fingerprint density at radius 3 is 2.59 bits per heavy atom. The van der Waals surface area contributed by atoms with Crippen molar-refractivity contribution >= 4 is 29.0 Å². The molecule has 9 heteroatoms. The molecule has 4 aromatic carbocycles. The molecule has 1 aliphatic heterocycles. The topological polar surface area (TPSA) is 111 Å². The van der Waals surface area contributed by atoms with Crippen molar-refractivity contribution in [2.45, 2.75) is 6.92 Å². The number of carbonyl (C=O) groups is 2. The number of H-pyrrole nitrogens is 1. The monoisotopic (exact) mass is 547 g/mol. The predicted octanol–water partition coefficient (Wildman–Crippen LogP) is 5.95. The number of nitrogens with zero attached hydrogens (tertiary/aromatic N) is 1. The summed E-state index contributed by atoms with van der Waals surface area (Å²) in [5.74, 6) is 0.732. The first-order valence-corrected chi connectivity index (χ1v) is 13.0. The molecule has 0 unspecified atom stereocenters. The number of hydrogen-bond donors (Lipinski definition) is 2. The Morgan fingerprint density at radius 2 is 1.73 bits per heavy atom. The third-order valence-electron chi connectivity index (χ3n) is 6.45. The second-order valence-electron chi connectivity index (χ2n) is 9.08. The van der Waals surface area contributed by atoms with Crippen LogP contribution >= 0.6 is 0 Å². The van der Waals surface area contributed by atoms with E-state index in [1.807, 2.05) is 61.5 Å². The Kier molecular flexibility index (Phi) is 7.06. The summed E-state index contributed by atoms with van der Waals surface area (Å²) in [6, 6.07) is 27.3. The minimum atomic E-state index is -0.564. The maximum atomic E-state index is 13.2. The van der Waals surface area contributed by atoms with Gasteiger partial charge < -0.3 is 23.9 Å². The first kappa shape index (κ1) is 25.7. The number of hydrazone groups is 1. The van der Waals surface area contributed by atoms with E-state index in [9.17, 15) is 9.59 Å². The molecule has 0 spiro atoms. The van der Waals surface area contributed by atoms with Gasteiger partial charge in [0, 0.05) is 16.5 Å². The highest BCUT2D eigenvalue weighted by Crippen LogP contribution is 2.34. The summed E-state index contributed by atoms with van der Waals surface area (Å²) >= 11 is 0. The Balaban J connectivity index is 1.19. The molecule has 0 saturated heterocycles. The molecular formula is C32H25N3O6. The van der Waals surface area contributed by atoms with Crippen LogP contribution < -0.4 is 24.4 Å². The summed E-state index contributed by atoms with van der Waals surface area (Å²) in [4.78, 5) is 29.2. The quantitative estimate of drug-likeness (QED) is 0.108. The summed E-state index contributed by atoms with van der Waals surface area (Å²) < 4.78 is 21.9. The lowest BCUT2D eigenvalue weighted by Crippen LogP contribution is -2.18. The van der Waals surface area contributed by atoms with E-state index < -0.39 is 5.97 Å². The zero-order chi connectivity index (χ0) is 28.2. The number of aromatic nitrogens is 1. The highest BCUT2D eigenvalue weighted by Gasteiger charge is 2.20. The van der Waals surface area contributed by atoms with Crippen LogP contribution in [0.25, 0.3) is 22.0 Å². The number of hydrogen-bond acceptors (Lipinski definition) is 7. The lowest BCUT2D eigenvalue weighted by molar-refractivity contribution is 0.0727. The first-order chi connectivity index (χ1) is 20.1. The molecule has 1 aliphatic rings. The normalized spacial score (nSPS) is 12.0. The number of carbonyl (C=O) groups excluding carboxylic acids is 2. The van der Waals surface area contributed by atoms with Crippen molar-refractivity contribution in [3.63, 3.8) is 0 Å². The predicted molar refractivity (Wildman–Crippen MR) is 154 cm³/mol. The first-order valence-electron chi connectivity index (χ1n) is 13.0. The van der Waals surface area contributed by atoms with Crippen molar-refractivity contribution in [3.8, 4) is 34.1 Å². The van der Waals surface area contributed by atoms with Crippen LogP contribution in [0.2, 0.25) is 0 Å². The van der Waals surface area contributed by atoms with Gasteiger partial charge in [-0.2, -0.15) is 5.10 Å². The van der Waals surface area contributed by atoms with Gasteiger partial charge in [0.05, 0.1) is 18.4 Å². The van der Waals surface area contributed by atoms with Crippen LogP contribution in [0, 0.1) is 0 Å². The smallest absolute Gasteiger partial charge is 0.343 e. The standard InChI is InChI=1S/C32H25N3O6/c1-2-38-27-16-20(12-14-26(27)41-32(37)22-13-15-25-28(17-22)40-19-39-25)18-33-35-31(36)30-29(21-8-4-3-5-9-21)23-10-6-7-11-24(23)34-30/h3-18,34H,2,19H2,1H3,(H,35,36). The minimum Gasteiger partial charge on any atom is -0.490 e. The van der Waals surface area contributed by atoms with E-state index in [1.165, 1.54) is 6.21 Å². The number of benzene rings is 4. The number of amides is 1. The molecule has 0 bridgehead atoms. The maximum absolute atomic E-state index is 13.2. The largest absolute Gasteiger partial charge is 0.490 e. The van der Waals surface area contributed by atoms with E-state index in [4.69, 9.17) is 18.9 Å². The van der Waals surface area contributed by atoms with Crippen molar-refractivity contribution < 1.29 is 28.5 Å². The van der Waals surface area contributed by atoms with Gasteiger partial charge in [-0.1, -0.05) is 48.5 Å². The van der Waals surface area contributed by atoms with E-state index in [2.05, 4.69) is 15.5 Å². The van der Waals surface area contributed by atoms with E-state index in [-0.39, 0.29) is 18.4 Å². The molecule has 0 aliphatic carbocycles. The maximum Gasteiger partial charge on any atom is 0.343 e. The number of aromatic amines is 1. The summed E-state index contributed by atoms with van der Waals surface area (Å²) in [7, 11) is 0. The van der Waals surface area contributed by atoms with Crippen molar-refractivity contribution in [1.82, 2.24) is 10.4 Å². The van der Waals surface area contributed by atoms with Gasteiger partial charge >= 0.3 is 5.97 Å².